The summed E-state index contributed by atoms with van der Waals surface area (Å²) in [5, 5.41) is 3.59. The van der Waals surface area contributed by atoms with E-state index >= 15 is 0 Å². The molecule has 4 rings (SSSR count). The third kappa shape index (κ3) is 3.77. The summed E-state index contributed by atoms with van der Waals surface area (Å²) in [5.74, 6) is 0.841. The Kier molecular flexibility index (Phi) is 5.03. The van der Waals surface area contributed by atoms with Crippen LogP contribution in [0.4, 0.5) is 5.69 Å². The average Bonchev–Trinajstić information content (AvgIpc) is 3.40. The van der Waals surface area contributed by atoms with Crippen LogP contribution < -0.4 is 10.2 Å². The zero-order chi connectivity index (χ0) is 19.2. The summed E-state index contributed by atoms with van der Waals surface area (Å²) < 4.78 is 27.8. The largest absolute Gasteiger partial charge is 0.314 e. The van der Waals surface area contributed by atoms with Crippen molar-refractivity contribution in [3.63, 3.8) is 0 Å². The molecule has 2 fully saturated rings. The summed E-state index contributed by atoms with van der Waals surface area (Å²) in [5.41, 5.74) is 1.79. The number of rotatable bonds is 5. The third-order valence-electron chi connectivity index (χ3n) is 6.09. The molecule has 1 aliphatic carbocycles. The second-order valence-corrected chi connectivity index (χ2v) is 10.2. The number of nitrogens with zero attached hydrogens (tertiary/aromatic N) is 2. The molecule has 2 heterocycles. The maximum absolute atomic E-state index is 13.1. The zero-order valence-corrected chi connectivity index (χ0v) is 17.0. The van der Waals surface area contributed by atoms with Crippen LogP contribution in [0.2, 0.25) is 0 Å². The number of anilines is 1. The molecule has 7 heteroatoms. The summed E-state index contributed by atoms with van der Waals surface area (Å²) in [7, 11) is -3.48. The highest BCUT2D eigenvalue weighted by Crippen LogP contribution is 2.35. The van der Waals surface area contributed by atoms with Gasteiger partial charge in [-0.25, -0.2) is 8.42 Å². The van der Waals surface area contributed by atoms with Crippen LogP contribution in [0, 0.1) is 5.92 Å². The molecule has 1 saturated carbocycles. The SMILES string of the molecule is CC(=O)N1c2ccc(S(=O)(=O)N3CCC(NCC4CC4)CC3)cc2CC1C. The Morgan fingerprint density at radius 3 is 2.52 bits per heavy atom. The van der Waals surface area contributed by atoms with Crippen molar-refractivity contribution in [2.45, 2.75) is 62.9 Å². The van der Waals surface area contributed by atoms with Gasteiger partial charge >= 0.3 is 0 Å². The van der Waals surface area contributed by atoms with Gasteiger partial charge in [0, 0.05) is 37.8 Å². The quantitative estimate of drug-likeness (QED) is 0.835. The van der Waals surface area contributed by atoms with Crippen LogP contribution in [0.5, 0.6) is 0 Å². The van der Waals surface area contributed by atoms with Crippen molar-refractivity contribution in [1.29, 1.82) is 0 Å². The Hall–Kier alpha value is -1.44. The molecular weight excluding hydrogens is 362 g/mol. The minimum atomic E-state index is -3.48. The maximum atomic E-state index is 13.1. The molecule has 1 atom stereocenters. The molecule has 1 amide bonds. The molecule has 2 aliphatic heterocycles. The molecule has 6 nitrogen and oxygen atoms in total. The molecule has 1 saturated heterocycles. The third-order valence-corrected chi connectivity index (χ3v) is 7.98. The first-order valence-electron chi connectivity index (χ1n) is 10.0. The maximum Gasteiger partial charge on any atom is 0.243 e. The van der Waals surface area contributed by atoms with E-state index in [9.17, 15) is 13.2 Å². The molecule has 3 aliphatic rings. The van der Waals surface area contributed by atoms with Gasteiger partial charge in [-0.05, 0) is 75.3 Å². The topological polar surface area (TPSA) is 69.7 Å². The monoisotopic (exact) mass is 391 g/mol. The van der Waals surface area contributed by atoms with Crippen LogP contribution >= 0.6 is 0 Å². The fraction of sp³-hybridized carbons (Fsp3) is 0.650. The van der Waals surface area contributed by atoms with Gasteiger partial charge < -0.3 is 10.2 Å². The van der Waals surface area contributed by atoms with E-state index in [1.54, 1.807) is 34.3 Å². The van der Waals surface area contributed by atoms with Crippen LogP contribution in [0.25, 0.3) is 0 Å². The van der Waals surface area contributed by atoms with Crippen molar-refractivity contribution in [3.8, 4) is 0 Å². The second kappa shape index (κ2) is 7.18. The van der Waals surface area contributed by atoms with Crippen LogP contribution in [0.1, 0.15) is 45.1 Å². The van der Waals surface area contributed by atoms with Crippen LogP contribution in [-0.2, 0) is 21.2 Å². The van der Waals surface area contributed by atoms with E-state index < -0.39 is 10.0 Å². The lowest BCUT2D eigenvalue weighted by Crippen LogP contribution is -2.45. The first-order chi connectivity index (χ1) is 12.9. The Morgan fingerprint density at radius 2 is 1.89 bits per heavy atom. The van der Waals surface area contributed by atoms with Gasteiger partial charge in [0.1, 0.15) is 0 Å². The van der Waals surface area contributed by atoms with E-state index in [4.69, 9.17) is 0 Å². The van der Waals surface area contributed by atoms with Crippen molar-refractivity contribution in [1.82, 2.24) is 9.62 Å². The lowest BCUT2D eigenvalue weighted by molar-refractivity contribution is -0.116. The molecule has 1 N–H and O–H groups in total. The number of benzene rings is 1. The molecular formula is C20H29N3O3S. The number of hydrogen-bond donors (Lipinski definition) is 1. The van der Waals surface area contributed by atoms with E-state index in [0.717, 1.165) is 36.6 Å². The highest BCUT2D eigenvalue weighted by molar-refractivity contribution is 7.89. The number of hydrogen-bond acceptors (Lipinski definition) is 4. The van der Waals surface area contributed by atoms with Gasteiger partial charge in [0.2, 0.25) is 15.9 Å². The van der Waals surface area contributed by atoms with Gasteiger partial charge in [-0.2, -0.15) is 4.31 Å². The van der Waals surface area contributed by atoms with Crippen LogP contribution in [-0.4, -0.2) is 50.3 Å². The number of carbonyl (C=O) groups excluding carboxylic acids is 1. The zero-order valence-electron chi connectivity index (χ0n) is 16.1. The van der Waals surface area contributed by atoms with Gasteiger partial charge in [-0.3, -0.25) is 4.79 Å². The van der Waals surface area contributed by atoms with Crippen molar-refractivity contribution < 1.29 is 13.2 Å². The van der Waals surface area contributed by atoms with Crippen LogP contribution in [0.3, 0.4) is 0 Å². The Morgan fingerprint density at radius 1 is 1.19 bits per heavy atom. The van der Waals surface area contributed by atoms with E-state index in [1.807, 2.05) is 6.92 Å². The fourth-order valence-electron chi connectivity index (χ4n) is 4.35. The van der Waals surface area contributed by atoms with Gasteiger partial charge in [0.15, 0.2) is 0 Å². The predicted molar refractivity (Wildman–Crippen MR) is 105 cm³/mol. The van der Waals surface area contributed by atoms with E-state index in [1.165, 1.54) is 12.8 Å². The molecule has 1 unspecified atom stereocenters. The van der Waals surface area contributed by atoms with Crippen molar-refractivity contribution >= 4 is 21.6 Å². The van der Waals surface area contributed by atoms with E-state index in [2.05, 4.69) is 5.32 Å². The molecule has 0 bridgehead atoms. The Balaban J connectivity index is 1.45. The van der Waals surface area contributed by atoms with Crippen molar-refractivity contribution in [2.75, 3.05) is 24.5 Å². The molecule has 1 aromatic rings. The summed E-state index contributed by atoms with van der Waals surface area (Å²) in [6.07, 6.45) is 5.10. The van der Waals surface area contributed by atoms with Crippen molar-refractivity contribution in [2.24, 2.45) is 5.92 Å². The standard InChI is InChI=1S/C20H29N3O3S/c1-14-11-17-12-19(5-6-20(17)23(14)15(2)24)27(25,26)22-9-7-18(8-10-22)21-13-16-3-4-16/h5-6,12,14,16,18,21H,3-4,7-11,13H2,1-2H3. The predicted octanol–water partition coefficient (Wildman–Crippen LogP) is 2.14. The molecule has 0 radical (unpaired) electrons. The smallest absolute Gasteiger partial charge is 0.243 e. The normalized spacial score (nSPS) is 24.2. The number of piperidine rings is 1. The number of sulfonamides is 1. The summed E-state index contributed by atoms with van der Waals surface area (Å²) in [4.78, 5) is 14.0. The minimum absolute atomic E-state index is 0.00220. The molecule has 1 aromatic carbocycles. The van der Waals surface area contributed by atoms with Gasteiger partial charge in [-0.1, -0.05) is 0 Å². The number of carbonyl (C=O) groups is 1. The van der Waals surface area contributed by atoms with Crippen molar-refractivity contribution in [3.05, 3.63) is 23.8 Å². The number of amides is 1. The molecule has 0 aromatic heterocycles. The Labute approximate surface area is 162 Å². The van der Waals surface area contributed by atoms with Gasteiger partial charge in [0.25, 0.3) is 0 Å². The first-order valence-corrected chi connectivity index (χ1v) is 11.5. The van der Waals surface area contributed by atoms with Gasteiger partial charge in [0.05, 0.1) is 4.90 Å². The average molecular weight is 392 g/mol. The molecule has 148 valence electrons. The number of nitrogens with one attached hydrogen (secondary N) is 1. The lowest BCUT2D eigenvalue weighted by Gasteiger charge is -2.32. The molecule has 27 heavy (non-hydrogen) atoms. The second-order valence-electron chi connectivity index (χ2n) is 8.26. The van der Waals surface area contributed by atoms with E-state index in [0.29, 0.717) is 30.4 Å². The highest BCUT2D eigenvalue weighted by atomic mass is 32.2. The molecule has 0 spiro atoms. The highest BCUT2D eigenvalue weighted by Gasteiger charge is 2.33. The summed E-state index contributed by atoms with van der Waals surface area (Å²) >= 11 is 0. The summed E-state index contributed by atoms with van der Waals surface area (Å²) in [6, 6.07) is 5.71. The summed E-state index contributed by atoms with van der Waals surface area (Å²) in [6.45, 7) is 5.76. The number of fused-ring (bicyclic) bond motifs is 1. The fourth-order valence-corrected chi connectivity index (χ4v) is 5.87. The van der Waals surface area contributed by atoms with Crippen LogP contribution in [0.15, 0.2) is 23.1 Å². The lowest BCUT2D eigenvalue weighted by atomic mass is 10.1. The minimum Gasteiger partial charge on any atom is -0.314 e. The Bertz CT molecular complexity index is 827. The van der Waals surface area contributed by atoms with E-state index in [-0.39, 0.29) is 11.9 Å². The van der Waals surface area contributed by atoms with Gasteiger partial charge in [-0.15, -0.1) is 0 Å². The first kappa shape index (κ1) is 18.9.